The maximum absolute atomic E-state index is 12.2. The van der Waals surface area contributed by atoms with Gasteiger partial charge in [0.25, 0.3) is 0 Å². The van der Waals surface area contributed by atoms with Crippen LogP contribution < -0.4 is 0 Å². The van der Waals surface area contributed by atoms with Crippen LogP contribution in [0.25, 0.3) is 0 Å². The minimum Gasteiger partial charge on any atom is -0.478 e. The molecule has 0 saturated carbocycles. The molecule has 1 aromatic rings. The molecule has 1 atom stereocenters. The summed E-state index contributed by atoms with van der Waals surface area (Å²) in [7, 11) is -3.56. The molecular weight excluding hydrogens is 488 g/mol. The molecule has 1 N–H and O–H groups in total. The number of carbonyl (C=O) groups excluding carboxylic acids is 1. The fraction of sp³-hybridized carbons (Fsp3) is 0.714. The highest BCUT2D eigenvalue weighted by Crippen LogP contribution is 2.48. The van der Waals surface area contributed by atoms with Gasteiger partial charge >= 0.3 is 11.9 Å². The molecule has 0 aliphatic heterocycles. The Labute approximate surface area is 221 Å². The fourth-order valence-corrected chi connectivity index (χ4v) is 11.4. The number of hydrogen-bond donors (Lipinski definition) is 1. The molecule has 0 fully saturated rings. The molecule has 1 rings (SSSR count). The lowest BCUT2D eigenvalue weighted by atomic mass is 10.0. The van der Waals surface area contributed by atoms with Gasteiger partial charge in [-0.2, -0.15) is 0 Å². The summed E-state index contributed by atoms with van der Waals surface area (Å²) in [5.41, 5.74) is -0.00405. The van der Waals surface area contributed by atoms with Crippen LogP contribution in [0.4, 0.5) is 0 Å². The predicted octanol–water partition coefficient (Wildman–Crippen LogP) is 7.56. The third-order valence-electron chi connectivity index (χ3n) is 8.38. The molecule has 1 aromatic carbocycles. The summed E-state index contributed by atoms with van der Waals surface area (Å²) in [6, 6.07) is 7.35. The Bertz CT molecular complexity index is 852. The summed E-state index contributed by atoms with van der Waals surface area (Å²) in [6.45, 7) is 22.2. The number of esters is 1. The molecule has 36 heavy (non-hydrogen) atoms. The van der Waals surface area contributed by atoms with E-state index in [2.05, 4.69) is 60.8 Å². The van der Waals surface area contributed by atoms with Gasteiger partial charge in [-0.25, -0.2) is 9.59 Å². The molecule has 0 heterocycles. The highest BCUT2D eigenvalue weighted by atomic mass is 28.4. The van der Waals surface area contributed by atoms with Crippen molar-refractivity contribution in [3.63, 3.8) is 0 Å². The van der Waals surface area contributed by atoms with E-state index in [1.54, 1.807) is 12.1 Å². The molecule has 1 unspecified atom stereocenters. The van der Waals surface area contributed by atoms with Crippen LogP contribution in [0.5, 0.6) is 0 Å². The van der Waals surface area contributed by atoms with Gasteiger partial charge in [-0.15, -0.1) is 0 Å². The van der Waals surface area contributed by atoms with E-state index >= 15 is 0 Å². The highest BCUT2D eigenvalue weighted by Gasteiger charge is 2.50. The Morgan fingerprint density at radius 3 is 2.08 bits per heavy atom. The number of hydrogen-bond acceptors (Lipinski definition) is 5. The summed E-state index contributed by atoms with van der Waals surface area (Å²) in [5.74, 6) is -1.79. The lowest BCUT2D eigenvalue weighted by Crippen LogP contribution is -2.59. The second-order valence-corrected chi connectivity index (χ2v) is 21.6. The number of carboxylic acids is 1. The first-order valence-corrected chi connectivity index (χ1v) is 19.5. The van der Waals surface area contributed by atoms with Crippen LogP contribution in [0.1, 0.15) is 87.4 Å². The Balaban J connectivity index is 2.55. The molecule has 0 bridgehead atoms. The van der Waals surface area contributed by atoms with E-state index in [1.807, 2.05) is 0 Å². The Morgan fingerprint density at radius 2 is 1.53 bits per heavy atom. The van der Waals surface area contributed by atoms with Crippen molar-refractivity contribution in [2.75, 3.05) is 19.8 Å². The van der Waals surface area contributed by atoms with E-state index in [4.69, 9.17) is 13.9 Å². The van der Waals surface area contributed by atoms with Crippen LogP contribution in [0.2, 0.25) is 37.3 Å². The Kier molecular flexibility index (Phi) is 12.6. The van der Waals surface area contributed by atoms with E-state index in [9.17, 15) is 14.7 Å². The summed E-state index contributed by atoms with van der Waals surface area (Å²) in [4.78, 5) is 23.5. The number of benzene rings is 1. The van der Waals surface area contributed by atoms with Gasteiger partial charge < -0.3 is 19.0 Å². The zero-order chi connectivity index (χ0) is 27.6. The average Bonchev–Trinajstić information content (AvgIpc) is 2.80. The number of unbranched alkanes of at least 4 members (excludes halogenated alkanes) is 1. The molecule has 0 amide bonds. The topological polar surface area (TPSA) is 82.1 Å². The van der Waals surface area contributed by atoms with E-state index in [0.717, 1.165) is 19.3 Å². The van der Waals surface area contributed by atoms with Crippen LogP contribution in [-0.4, -0.2) is 58.5 Å². The fourth-order valence-electron chi connectivity index (χ4n) is 4.51. The van der Waals surface area contributed by atoms with Crippen LogP contribution in [-0.2, 0) is 13.9 Å². The van der Waals surface area contributed by atoms with E-state index in [-0.39, 0.29) is 34.6 Å². The first-order chi connectivity index (χ1) is 16.6. The number of carboxylic acid groups (broad SMARTS) is 1. The van der Waals surface area contributed by atoms with Gasteiger partial charge in [0.15, 0.2) is 8.32 Å². The second kappa shape index (κ2) is 13.9. The molecular formula is C28H50O6Si2. The monoisotopic (exact) mass is 538 g/mol. The molecule has 0 radical (unpaired) electrons. The standard InChI is InChI=1S/C28H50O6Si2/c1-10-12-22-35(6,7)27(3,4)34-36(8,9)28(5,11-2)18-15-19-32-20-21-33-26(31)24-17-14-13-16-23(24)25(29)30/h13-14,16-17H,10-12,15,18-22H2,1-9H3,(H,29,30). The number of aromatic carboxylic acids is 1. The van der Waals surface area contributed by atoms with Gasteiger partial charge in [0, 0.05) is 11.8 Å². The molecule has 206 valence electrons. The number of rotatable bonds is 17. The summed E-state index contributed by atoms with van der Waals surface area (Å²) in [5, 5.41) is 9.30. The third kappa shape index (κ3) is 8.82. The summed E-state index contributed by atoms with van der Waals surface area (Å²) >= 11 is 0. The minimum absolute atomic E-state index is 0.0553. The van der Waals surface area contributed by atoms with Crippen molar-refractivity contribution >= 4 is 28.3 Å². The third-order valence-corrected chi connectivity index (χ3v) is 18.1. The van der Waals surface area contributed by atoms with Crippen molar-refractivity contribution in [3.8, 4) is 0 Å². The normalized spacial score (nSPS) is 14.4. The lowest BCUT2D eigenvalue weighted by Gasteiger charge is -2.51. The van der Waals surface area contributed by atoms with Crippen LogP contribution in [0, 0.1) is 0 Å². The van der Waals surface area contributed by atoms with E-state index < -0.39 is 28.3 Å². The zero-order valence-electron chi connectivity index (χ0n) is 24.2. The van der Waals surface area contributed by atoms with Gasteiger partial charge in [-0.1, -0.05) is 71.3 Å². The molecule has 6 nitrogen and oxygen atoms in total. The summed E-state index contributed by atoms with van der Waals surface area (Å²) < 4.78 is 18.1. The average molecular weight is 539 g/mol. The Morgan fingerprint density at radius 1 is 0.917 bits per heavy atom. The van der Waals surface area contributed by atoms with Crippen LogP contribution >= 0.6 is 0 Å². The number of carbonyl (C=O) groups is 2. The minimum atomic E-state index is -2.02. The number of ether oxygens (including phenoxy) is 2. The van der Waals surface area contributed by atoms with E-state index in [0.29, 0.717) is 6.61 Å². The molecule has 0 aliphatic carbocycles. The molecule has 0 saturated heterocycles. The van der Waals surface area contributed by atoms with Crippen molar-refractivity contribution in [1.82, 2.24) is 0 Å². The quantitative estimate of drug-likeness (QED) is 0.125. The summed E-state index contributed by atoms with van der Waals surface area (Å²) in [6.07, 6.45) is 5.52. The van der Waals surface area contributed by atoms with Crippen molar-refractivity contribution in [2.24, 2.45) is 0 Å². The van der Waals surface area contributed by atoms with Crippen molar-refractivity contribution in [2.45, 2.75) is 109 Å². The highest BCUT2D eigenvalue weighted by molar-refractivity contribution is 6.82. The van der Waals surface area contributed by atoms with Gasteiger partial charge in [-0.05, 0) is 57.0 Å². The van der Waals surface area contributed by atoms with Gasteiger partial charge in [-0.3, -0.25) is 0 Å². The largest absolute Gasteiger partial charge is 0.478 e. The smallest absolute Gasteiger partial charge is 0.339 e. The van der Waals surface area contributed by atoms with Crippen LogP contribution in [0.15, 0.2) is 24.3 Å². The van der Waals surface area contributed by atoms with E-state index in [1.165, 1.54) is 31.0 Å². The van der Waals surface area contributed by atoms with Gasteiger partial charge in [0.1, 0.15) is 6.61 Å². The maximum atomic E-state index is 12.2. The van der Waals surface area contributed by atoms with Gasteiger partial charge in [0.05, 0.1) is 25.8 Å². The molecule has 0 aromatic heterocycles. The first-order valence-electron chi connectivity index (χ1n) is 13.4. The van der Waals surface area contributed by atoms with Crippen molar-refractivity contribution in [1.29, 1.82) is 0 Å². The molecule has 8 heteroatoms. The maximum Gasteiger partial charge on any atom is 0.339 e. The lowest BCUT2D eigenvalue weighted by molar-refractivity contribution is 0.0304. The second-order valence-electron chi connectivity index (χ2n) is 11.7. The predicted molar refractivity (Wildman–Crippen MR) is 152 cm³/mol. The molecule has 0 spiro atoms. The molecule has 0 aliphatic rings. The van der Waals surface area contributed by atoms with Crippen LogP contribution in [0.3, 0.4) is 0 Å². The van der Waals surface area contributed by atoms with Crippen molar-refractivity contribution in [3.05, 3.63) is 35.4 Å². The zero-order valence-corrected chi connectivity index (χ0v) is 26.2. The first kappa shape index (κ1) is 32.5. The Hall–Kier alpha value is -1.49. The van der Waals surface area contributed by atoms with Crippen molar-refractivity contribution < 1.29 is 28.6 Å². The SMILES string of the molecule is CCCC[Si](C)(C)C(C)(C)O[Si](C)(C)C(C)(CC)CCCOCCOC(=O)c1ccccc1C(=O)O. The van der Waals surface area contributed by atoms with Gasteiger partial charge in [0.2, 0.25) is 0 Å².